The molecule has 172 valence electrons. The van der Waals surface area contributed by atoms with E-state index in [4.69, 9.17) is 11.6 Å². The number of halogens is 1. The molecule has 0 aliphatic carbocycles. The molecule has 1 aliphatic heterocycles. The van der Waals surface area contributed by atoms with Crippen LogP contribution in [0.15, 0.2) is 35.8 Å². The van der Waals surface area contributed by atoms with Gasteiger partial charge in [-0.15, -0.1) is 0 Å². The quantitative estimate of drug-likeness (QED) is 0.356. The number of benzene rings is 1. The van der Waals surface area contributed by atoms with Crippen LogP contribution in [0, 0.1) is 0 Å². The molecule has 2 N–H and O–H groups in total. The van der Waals surface area contributed by atoms with Crippen LogP contribution < -0.4 is 5.32 Å². The Kier molecular flexibility index (Phi) is 10.1. The van der Waals surface area contributed by atoms with Crippen molar-refractivity contribution in [2.75, 3.05) is 26.7 Å². The highest BCUT2D eigenvalue weighted by molar-refractivity contribution is 6.30. The lowest BCUT2D eigenvalue weighted by Crippen LogP contribution is -2.41. The minimum Gasteiger partial charge on any atom is -0.396 e. The summed E-state index contributed by atoms with van der Waals surface area (Å²) in [5, 5.41) is 13.3. The van der Waals surface area contributed by atoms with Gasteiger partial charge < -0.3 is 20.2 Å². The van der Waals surface area contributed by atoms with Crippen molar-refractivity contribution in [2.24, 2.45) is 0 Å². The van der Waals surface area contributed by atoms with Gasteiger partial charge in [0.25, 0.3) is 5.91 Å². The van der Waals surface area contributed by atoms with Crippen molar-refractivity contribution in [1.29, 1.82) is 0 Å². The SMILES string of the molecule is CCCCCC1NC(N(C=O)CC)=C(C(=O)N(C)CCCO)N1Cc1ccc(Cl)cc1. The second-order valence-corrected chi connectivity index (χ2v) is 8.24. The Morgan fingerprint density at radius 2 is 1.94 bits per heavy atom. The third-order valence-corrected chi connectivity index (χ3v) is 5.75. The van der Waals surface area contributed by atoms with Gasteiger partial charge in [-0.2, -0.15) is 0 Å². The maximum Gasteiger partial charge on any atom is 0.273 e. The van der Waals surface area contributed by atoms with E-state index in [0.29, 0.717) is 42.6 Å². The van der Waals surface area contributed by atoms with E-state index >= 15 is 0 Å². The number of amides is 2. The topological polar surface area (TPSA) is 76.1 Å². The third-order valence-electron chi connectivity index (χ3n) is 5.49. The number of carbonyl (C=O) groups is 2. The molecular weight excluding hydrogens is 416 g/mol. The van der Waals surface area contributed by atoms with Crippen LogP contribution in [0.4, 0.5) is 0 Å². The fourth-order valence-corrected chi connectivity index (χ4v) is 3.83. The van der Waals surface area contributed by atoms with Gasteiger partial charge in [0, 0.05) is 38.3 Å². The monoisotopic (exact) mass is 450 g/mol. The largest absolute Gasteiger partial charge is 0.396 e. The van der Waals surface area contributed by atoms with Gasteiger partial charge >= 0.3 is 0 Å². The summed E-state index contributed by atoms with van der Waals surface area (Å²) in [5.74, 6) is 0.386. The molecule has 1 aromatic carbocycles. The van der Waals surface area contributed by atoms with Crippen LogP contribution in [0.1, 0.15) is 51.5 Å². The summed E-state index contributed by atoms with van der Waals surface area (Å²) in [5.41, 5.74) is 1.52. The minimum absolute atomic E-state index is 0.0192. The van der Waals surface area contributed by atoms with Crippen LogP contribution >= 0.6 is 11.6 Å². The number of carbonyl (C=O) groups excluding carboxylic acids is 2. The summed E-state index contributed by atoms with van der Waals surface area (Å²) in [6.07, 6.45) is 5.27. The number of nitrogens with one attached hydrogen (secondary N) is 1. The summed E-state index contributed by atoms with van der Waals surface area (Å²) in [4.78, 5) is 30.4. The molecule has 0 saturated heterocycles. The third kappa shape index (κ3) is 6.61. The van der Waals surface area contributed by atoms with Gasteiger partial charge in [0.15, 0.2) is 0 Å². The summed E-state index contributed by atoms with van der Waals surface area (Å²) in [6, 6.07) is 7.60. The Hall–Kier alpha value is -2.25. The van der Waals surface area contributed by atoms with Crippen molar-refractivity contribution in [3.05, 3.63) is 46.4 Å². The molecule has 31 heavy (non-hydrogen) atoms. The van der Waals surface area contributed by atoms with Crippen molar-refractivity contribution in [2.45, 2.75) is 58.7 Å². The van der Waals surface area contributed by atoms with Crippen molar-refractivity contribution in [1.82, 2.24) is 20.0 Å². The molecule has 2 rings (SSSR count). The second kappa shape index (κ2) is 12.6. The number of aliphatic hydroxyl groups excluding tert-OH is 1. The van der Waals surface area contributed by atoms with Crippen LogP contribution in [-0.4, -0.2) is 65.0 Å². The first kappa shape index (κ1) is 25.0. The van der Waals surface area contributed by atoms with Crippen molar-refractivity contribution in [3.8, 4) is 0 Å². The lowest BCUT2D eigenvalue weighted by Gasteiger charge is -2.30. The average Bonchev–Trinajstić information content (AvgIpc) is 3.11. The molecule has 0 aromatic heterocycles. The van der Waals surface area contributed by atoms with Crippen LogP contribution in [-0.2, 0) is 16.1 Å². The van der Waals surface area contributed by atoms with E-state index in [1.807, 2.05) is 31.2 Å². The van der Waals surface area contributed by atoms with Gasteiger partial charge in [-0.3, -0.25) is 14.5 Å². The van der Waals surface area contributed by atoms with E-state index in [9.17, 15) is 14.7 Å². The van der Waals surface area contributed by atoms with Gasteiger partial charge in [-0.1, -0.05) is 43.5 Å². The minimum atomic E-state index is -0.164. The smallest absolute Gasteiger partial charge is 0.273 e. The maximum atomic E-state index is 13.5. The molecule has 1 atom stereocenters. The van der Waals surface area contributed by atoms with E-state index < -0.39 is 0 Å². The predicted octanol–water partition coefficient (Wildman–Crippen LogP) is 3.14. The van der Waals surface area contributed by atoms with Crippen LogP contribution in [0.3, 0.4) is 0 Å². The van der Waals surface area contributed by atoms with Gasteiger partial charge in [0.05, 0.1) is 0 Å². The molecule has 7 nitrogen and oxygen atoms in total. The maximum absolute atomic E-state index is 13.5. The molecule has 1 heterocycles. The normalized spacial score (nSPS) is 15.8. The molecule has 0 saturated carbocycles. The Morgan fingerprint density at radius 1 is 1.23 bits per heavy atom. The first-order valence-electron chi connectivity index (χ1n) is 11.1. The molecule has 1 unspecified atom stereocenters. The number of unbranched alkanes of at least 4 members (excludes halogenated alkanes) is 2. The highest BCUT2D eigenvalue weighted by Crippen LogP contribution is 2.29. The highest BCUT2D eigenvalue weighted by Gasteiger charge is 2.38. The summed E-state index contributed by atoms with van der Waals surface area (Å²) in [6.45, 7) is 5.48. The molecule has 8 heteroatoms. The van der Waals surface area contributed by atoms with Crippen LogP contribution in [0.5, 0.6) is 0 Å². The molecule has 0 bridgehead atoms. The molecule has 0 radical (unpaired) electrons. The zero-order chi connectivity index (χ0) is 22.8. The first-order valence-corrected chi connectivity index (χ1v) is 11.4. The molecule has 0 fully saturated rings. The Balaban J connectivity index is 2.43. The number of aliphatic hydroxyl groups is 1. The number of rotatable bonds is 13. The predicted molar refractivity (Wildman–Crippen MR) is 123 cm³/mol. The highest BCUT2D eigenvalue weighted by atomic mass is 35.5. The van der Waals surface area contributed by atoms with E-state index in [-0.39, 0.29) is 18.7 Å². The van der Waals surface area contributed by atoms with Crippen molar-refractivity contribution >= 4 is 23.9 Å². The van der Waals surface area contributed by atoms with E-state index in [1.54, 1.807) is 16.8 Å². The standard InChI is InChI=1S/C23H35ClN4O3/c1-4-6-7-9-20-25-22(27(5-2)17-30)21(23(31)26(3)14-8-15-29)28(20)16-18-10-12-19(24)13-11-18/h10-13,17,20,25,29H,4-9,14-16H2,1-3H3. The number of likely N-dealkylation sites (N-methyl/N-ethyl adjacent to an activating group) is 1. The fraction of sp³-hybridized carbons (Fsp3) is 0.565. The molecular formula is C23H35ClN4O3. The summed E-state index contributed by atoms with van der Waals surface area (Å²) < 4.78 is 0. The number of hydrogen-bond donors (Lipinski definition) is 2. The van der Waals surface area contributed by atoms with Crippen LogP contribution in [0.25, 0.3) is 0 Å². The second-order valence-electron chi connectivity index (χ2n) is 7.80. The van der Waals surface area contributed by atoms with E-state index in [1.165, 1.54) is 0 Å². The van der Waals surface area contributed by atoms with Gasteiger partial charge in [-0.05, 0) is 43.9 Å². The van der Waals surface area contributed by atoms with Gasteiger partial charge in [-0.25, -0.2) is 0 Å². The first-order chi connectivity index (χ1) is 15.0. The molecule has 1 aliphatic rings. The average molecular weight is 451 g/mol. The lowest BCUT2D eigenvalue weighted by atomic mass is 10.1. The summed E-state index contributed by atoms with van der Waals surface area (Å²) in [7, 11) is 1.73. The Morgan fingerprint density at radius 3 is 2.52 bits per heavy atom. The number of hydrogen-bond acceptors (Lipinski definition) is 5. The van der Waals surface area contributed by atoms with Crippen molar-refractivity contribution in [3.63, 3.8) is 0 Å². The number of nitrogens with zero attached hydrogens (tertiary/aromatic N) is 3. The Bertz CT molecular complexity index is 754. The molecule has 0 spiro atoms. The molecule has 2 amide bonds. The van der Waals surface area contributed by atoms with E-state index in [2.05, 4.69) is 17.1 Å². The lowest BCUT2D eigenvalue weighted by molar-refractivity contribution is -0.128. The van der Waals surface area contributed by atoms with Gasteiger partial charge in [0.2, 0.25) is 6.41 Å². The summed E-state index contributed by atoms with van der Waals surface area (Å²) >= 11 is 6.05. The zero-order valence-electron chi connectivity index (χ0n) is 18.8. The van der Waals surface area contributed by atoms with Gasteiger partial charge in [0.1, 0.15) is 17.7 Å². The van der Waals surface area contributed by atoms with E-state index in [0.717, 1.165) is 37.7 Å². The fourth-order valence-electron chi connectivity index (χ4n) is 3.71. The molecule has 1 aromatic rings. The Labute approximate surface area is 190 Å². The zero-order valence-corrected chi connectivity index (χ0v) is 19.6. The van der Waals surface area contributed by atoms with Crippen LogP contribution in [0.2, 0.25) is 5.02 Å². The van der Waals surface area contributed by atoms with Crippen molar-refractivity contribution < 1.29 is 14.7 Å².